The van der Waals surface area contributed by atoms with Crippen molar-refractivity contribution < 1.29 is 18.7 Å². The molecular weight excluding hydrogens is 263 g/mol. The van der Waals surface area contributed by atoms with Gasteiger partial charge in [0.05, 0.1) is 18.4 Å². The average Bonchev–Trinajstić information content (AvgIpc) is 2.38. The number of amides is 2. The van der Waals surface area contributed by atoms with E-state index >= 15 is 0 Å². The number of nitrogens with two attached hydrogens (primary N) is 1. The second-order valence-corrected chi connectivity index (χ2v) is 5.05. The predicted octanol–water partition coefficient (Wildman–Crippen LogP) is 1.22. The van der Waals surface area contributed by atoms with E-state index in [0.717, 1.165) is 0 Å². The third-order valence-corrected chi connectivity index (χ3v) is 2.82. The standard InChI is InChI=1S/C14H19FN2O3/c1-14(2,13(16)19)9-17-12(18)7-8-20-11-6-4-3-5-10(11)15/h3-6H,7-9H2,1-2H3,(H2,16,19)(H,17,18). The Labute approximate surface area is 117 Å². The SMILES string of the molecule is CC(C)(CNC(=O)CCOc1ccccc1F)C(N)=O. The van der Waals surface area contributed by atoms with Gasteiger partial charge in [0.25, 0.3) is 0 Å². The van der Waals surface area contributed by atoms with Crippen molar-refractivity contribution in [1.82, 2.24) is 5.32 Å². The van der Waals surface area contributed by atoms with Crippen LogP contribution in [0.4, 0.5) is 4.39 Å². The van der Waals surface area contributed by atoms with E-state index in [4.69, 9.17) is 10.5 Å². The molecule has 1 rings (SSSR count). The van der Waals surface area contributed by atoms with E-state index in [2.05, 4.69) is 5.32 Å². The van der Waals surface area contributed by atoms with Crippen LogP contribution < -0.4 is 15.8 Å². The fraction of sp³-hybridized carbons (Fsp3) is 0.429. The number of ether oxygens (including phenoxy) is 1. The number of hydrogen-bond acceptors (Lipinski definition) is 3. The van der Waals surface area contributed by atoms with E-state index in [9.17, 15) is 14.0 Å². The van der Waals surface area contributed by atoms with Crippen molar-refractivity contribution in [2.45, 2.75) is 20.3 Å². The molecule has 0 spiro atoms. The highest BCUT2D eigenvalue weighted by Gasteiger charge is 2.25. The molecule has 0 atom stereocenters. The Hall–Kier alpha value is -2.11. The smallest absolute Gasteiger partial charge is 0.224 e. The third kappa shape index (κ3) is 4.87. The van der Waals surface area contributed by atoms with E-state index in [0.29, 0.717) is 0 Å². The topological polar surface area (TPSA) is 81.4 Å². The first-order valence-corrected chi connectivity index (χ1v) is 6.27. The zero-order chi connectivity index (χ0) is 15.2. The number of hydrogen-bond donors (Lipinski definition) is 2. The second-order valence-electron chi connectivity index (χ2n) is 5.05. The monoisotopic (exact) mass is 282 g/mol. The Morgan fingerprint density at radius 2 is 2.00 bits per heavy atom. The van der Waals surface area contributed by atoms with Crippen molar-refractivity contribution in [2.24, 2.45) is 11.1 Å². The summed E-state index contributed by atoms with van der Waals surface area (Å²) in [5.74, 6) is -1.13. The fourth-order valence-corrected chi connectivity index (χ4v) is 1.31. The summed E-state index contributed by atoms with van der Waals surface area (Å²) < 4.78 is 18.4. The highest BCUT2D eigenvalue weighted by Crippen LogP contribution is 2.15. The van der Waals surface area contributed by atoms with Crippen LogP contribution in [0.25, 0.3) is 0 Å². The number of primary amides is 1. The van der Waals surface area contributed by atoms with Gasteiger partial charge in [-0.25, -0.2) is 4.39 Å². The summed E-state index contributed by atoms with van der Waals surface area (Å²) >= 11 is 0. The molecule has 0 radical (unpaired) electrons. The molecule has 0 aromatic heterocycles. The van der Waals surface area contributed by atoms with Gasteiger partial charge in [0.1, 0.15) is 0 Å². The quantitative estimate of drug-likeness (QED) is 0.789. The maximum Gasteiger partial charge on any atom is 0.224 e. The lowest BCUT2D eigenvalue weighted by Crippen LogP contribution is -2.42. The van der Waals surface area contributed by atoms with Gasteiger partial charge in [0.15, 0.2) is 11.6 Å². The van der Waals surface area contributed by atoms with E-state index in [1.807, 2.05) is 0 Å². The molecule has 0 aliphatic carbocycles. The Balaban J connectivity index is 2.31. The lowest BCUT2D eigenvalue weighted by atomic mass is 9.93. The summed E-state index contributed by atoms with van der Waals surface area (Å²) in [6.07, 6.45) is 0.0726. The maximum atomic E-state index is 13.2. The zero-order valence-electron chi connectivity index (χ0n) is 11.6. The molecule has 0 fully saturated rings. The molecule has 20 heavy (non-hydrogen) atoms. The number of rotatable bonds is 7. The first kappa shape index (κ1) is 15.9. The number of carbonyl (C=O) groups excluding carboxylic acids is 2. The van der Waals surface area contributed by atoms with Crippen LogP contribution >= 0.6 is 0 Å². The molecule has 0 heterocycles. The summed E-state index contributed by atoms with van der Waals surface area (Å²) in [4.78, 5) is 22.6. The number of para-hydroxylation sites is 1. The third-order valence-electron chi connectivity index (χ3n) is 2.82. The van der Waals surface area contributed by atoms with Crippen molar-refractivity contribution in [3.63, 3.8) is 0 Å². The summed E-state index contributed by atoms with van der Waals surface area (Å²) in [6, 6.07) is 5.98. The number of carbonyl (C=O) groups is 2. The molecule has 1 aromatic carbocycles. The Morgan fingerprint density at radius 1 is 1.35 bits per heavy atom. The predicted molar refractivity (Wildman–Crippen MR) is 72.5 cm³/mol. The summed E-state index contributed by atoms with van der Waals surface area (Å²) in [6.45, 7) is 3.50. The van der Waals surface area contributed by atoms with Crippen LogP contribution in [0.2, 0.25) is 0 Å². The highest BCUT2D eigenvalue weighted by molar-refractivity contribution is 5.82. The Bertz CT molecular complexity index is 489. The minimum Gasteiger partial charge on any atom is -0.490 e. The minimum atomic E-state index is -0.804. The number of nitrogens with one attached hydrogen (secondary N) is 1. The van der Waals surface area contributed by atoms with Gasteiger partial charge in [0, 0.05) is 6.54 Å². The molecule has 0 aliphatic rings. The van der Waals surface area contributed by atoms with E-state index in [1.165, 1.54) is 12.1 Å². The maximum absolute atomic E-state index is 13.2. The number of halogens is 1. The summed E-state index contributed by atoms with van der Waals surface area (Å²) in [7, 11) is 0. The van der Waals surface area contributed by atoms with E-state index in [1.54, 1.807) is 26.0 Å². The van der Waals surface area contributed by atoms with Gasteiger partial charge in [-0.15, -0.1) is 0 Å². The van der Waals surface area contributed by atoms with E-state index in [-0.39, 0.29) is 31.2 Å². The van der Waals surface area contributed by atoms with Crippen LogP contribution in [0.15, 0.2) is 24.3 Å². The molecule has 0 unspecified atom stereocenters. The largest absolute Gasteiger partial charge is 0.490 e. The van der Waals surface area contributed by atoms with Crippen molar-refractivity contribution in [2.75, 3.05) is 13.2 Å². The van der Waals surface area contributed by atoms with Gasteiger partial charge in [-0.05, 0) is 26.0 Å². The molecule has 110 valence electrons. The van der Waals surface area contributed by atoms with Crippen LogP contribution in [0.5, 0.6) is 5.75 Å². The lowest BCUT2D eigenvalue weighted by Gasteiger charge is -2.20. The van der Waals surface area contributed by atoms with Gasteiger partial charge < -0.3 is 15.8 Å². The molecule has 2 amide bonds. The van der Waals surface area contributed by atoms with E-state index < -0.39 is 17.1 Å². The van der Waals surface area contributed by atoms with Crippen molar-refractivity contribution in [1.29, 1.82) is 0 Å². The molecule has 6 heteroatoms. The molecule has 0 saturated heterocycles. The van der Waals surface area contributed by atoms with Crippen LogP contribution in [-0.4, -0.2) is 25.0 Å². The minimum absolute atomic E-state index is 0.0593. The first-order chi connectivity index (χ1) is 9.33. The average molecular weight is 282 g/mol. The number of benzene rings is 1. The zero-order valence-corrected chi connectivity index (χ0v) is 11.6. The Morgan fingerprint density at radius 3 is 2.60 bits per heavy atom. The molecule has 1 aromatic rings. The molecule has 3 N–H and O–H groups in total. The van der Waals surface area contributed by atoms with Gasteiger partial charge in [-0.3, -0.25) is 9.59 Å². The van der Waals surface area contributed by atoms with Gasteiger partial charge in [-0.1, -0.05) is 12.1 Å². The molecule has 0 bridgehead atoms. The van der Waals surface area contributed by atoms with Gasteiger partial charge in [-0.2, -0.15) is 0 Å². The molecule has 0 aliphatic heterocycles. The molecule has 0 saturated carbocycles. The normalized spacial score (nSPS) is 10.9. The summed E-state index contributed by atoms with van der Waals surface area (Å²) in [5, 5.41) is 2.59. The second kappa shape index (κ2) is 6.88. The van der Waals surface area contributed by atoms with Crippen LogP contribution in [0, 0.1) is 11.2 Å². The molecular formula is C14H19FN2O3. The first-order valence-electron chi connectivity index (χ1n) is 6.27. The van der Waals surface area contributed by atoms with Crippen molar-refractivity contribution >= 4 is 11.8 Å². The fourth-order valence-electron chi connectivity index (χ4n) is 1.31. The van der Waals surface area contributed by atoms with Crippen molar-refractivity contribution in [3.8, 4) is 5.75 Å². The lowest BCUT2D eigenvalue weighted by molar-refractivity contribution is -0.127. The molecule has 5 nitrogen and oxygen atoms in total. The van der Waals surface area contributed by atoms with Gasteiger partial charge >= 0.3 is 0 Å². The van der Waals surface area contributed by atoms with Gasteiger partial charge in [0.2, 0.25) is 11.8 Å². The van der Waals surface area contributed by atoms with Crippen LogP contribution in [0.3, 0.4) is 0 Å². The van der Waals surface area contributed by atoms with Crippen LogP contribution in [-0.2, 0) is 9.59 Å². The van der Waals surface area contributed by atoms with Crippen LogP contribution in [0.1, 0.15) is 20.3 Å². The Kier molecular flexibility index (Phi) is 5.49. The van der Waals surface area contributed by atoms with Crippen molar-refractivity contribution in [3.05, 3.63) is 30.1 Å². The highest BCUT2D eigenvalue weighted by atomic mass is 19.1. The summed E-state index contributed by atoms with van der Waals surface area (Å²) in [5.41, 5.74) is 4.39.